The highest BCUT2D eigenvalue weighted by Crippen LogP contribution is 2.24. The standard InChI is InChI=1S/C21H25NO2/c1-16(18-9-5-3-6-10-18)14-23-17(2)13-21-22-20(15-24-21)19-11-7-4-8-12-19/h3-12,16-17,20H,13-15H2,1-2H3/t16-,17?,20-/m0/s1. The van der Waals surface area contributed by atoms with Crippen LogP contribution < -0.4 is 0 Å². The predicted molar refractivity (Wildman–Crippen MR) is 97.5 cm³/mol. The van der Waals surface area contributed by atoms with Gasteiger partial charge in [-0.15, -0.1) is 0 Å². The van der Waals surface area contributed by atoms with Crippen molar-refractivity contribution in [1.29, 1.82) is 0 Å². The number of hydrogen-bond donors (Lipinski definition) is 0. The van der Waals surface area contributed by atoms with Gasteiger partial charge in [0.05, 0.1) is 12.7 Å². The monoisotopic (exact) mass is 323 g/mol. The van der Waals surface area contributed by atoms with Crippen LogP contribution in [0.5, 0.6) is 0 Å². The van der Waals surface area contributed by atoms with Gasteiger partial charge in [0, 0.05) is 12.3 Å². The van der Waals surface area contributed by atoms with E-state index in [0.717, 1.165) is 12.3 Å². The molecule has 1 aliphatic heterocycles. The lowest BCUT2D eigenvalue weighted by molar-refractivity contribution is 0.0595. The maximum absolute atomic E-state index is 6.00. The third-order valence-electron chi connectivity index (χ3n) is 4.35. The van der Waals surface area contributed by atoms with E-state index in [1.807, 2.05) is 24.3 Å². The van der Waals surface area contributed by atoms with Gasteiger partial charge in [-0.1, -0.05) is 67.6 Å². The number of hydrogen-bond acceptors (Lipinski definition) is 3. The molecule has 3 nitrogen and oxygen atoms in total. The van der Waals surface area contributed by atoms with Crippen LogP contribution in [0.1, 0.15) is 43.4 Å². The summed E-state index contributed by atoms with van der Waals surface area (Å²) >= 11 is 0. The summed E-state index contributed by atoms with van der Waals surface area (Å²) in [5.41, 5.74) is 2.52. The lowest BCUT2D eigenvalue weighted by Crippen LogP contribution is -2.17. The molecule has 2 aromatic carbocycles. The third kappa shape index (κ3) is 4.45. The van der Waals surface area contributed by atoms with Gasteiger partial charge in [0.15, 0.2) is 5.90 Å². The van der Waals surface area contributed by atoms with Crippen LogP contribution in [0.2, 0.25) is 0 Å². The van der Waals surface area contributed by atoms with E-state index in [4.69, 9.17) is 14.5 Å². The molecule has 0 saturated carbocycles. The van der Waals surface area contributed by atoms with Crippen LogP contribution in [0.15, 0.2) is 65.7 Å². The zero-order chi connectivity index (χ0) is 16.8. The number of ether oxygens (including phenoxy) is 2. The van der Waals surface area contributed by atoms with E-state index in [9.17, 15) is 0 Å². The lowest BCUT2D eigenvalue weighted by Gasteiger charge is -2.17. The van der Waals surface area contributed by atoms with Crippen LogP contribution in [0.4, 0.5) is 0 Å². The number of aliphatic imine (C=N–C) groups is 1. The molecule has 3 heteroatoms. The average Bonchev–Trinajstić information content (AvgIpc) is 3.09. The Balaban J connectivity index is 1.48. The zero-order valence-electron chi connectivity index (χ0n) is 14.4. The Kier molecular flexibility index (Phi) is 5.65. The number of nitrogens with zero attached hydrogens (tertiary/aromatic N) is 1. The quantitative estimate of drug-likeness (QED) is 0.736. The van der Waals surface area contributed by atoms with Crippen molar-refractivity contribution in [2.45, 2.75) is 38.3 Å². The third-order valence-corrected chi connectivity index (χ3v) is 4.35. The molecule has 0 saturated heterocycles. The van der Waals surface area contributed by atoms with Crippen molar-refractivity contribution < 1.29 is 9.47 Å². The van der Waals surface area contributed by atoms with Crippen molar-refractivity contribution in [3.05, 3.63) is 71.8 Å². The molecule has 1 unspecified atom stereocenters. The summed E-state index contributed by atoms with van der Waals surface area (Å²) in [5.74, 6) is 1.20. The van der Waals surface area contributed by atoms with Gasteiger partial charge >= 0.3 is 0 Å². The molecule has 0 aliphatic carbocycles. The highest BCUT2D eigenvalue weighted by Gasteiger charge is 2.22. The smallest absolute Gasteiger partial charge is 0.186 e. The molecule has 0 radical (unpaired) electrons. The van der Waals surface area contributed by atoms with Gasteiger partial charge < -0.3 is 9.47 Å². The number of benzene rings is 2. The van der Waals surface area contributed by atoms with E-state index in [2.05, 4.69) is 50.2 Å². The minimum absolute atomic E-state index is 0.101. The first-order valence-corrected chi connectivity index (χ1v) is 8.63. The topological polar surface area (TPSA) is 30.8 Å². The summed E-state index contributed by atoms with van der Waals surface area (Å²) in [6.07, 6.45) is 0.828. The van der Waals surface area contributed by atoms with Crippen LogP contribution in [0.25, 0.3) is 0 Å². The van der Waals surface area contributed by atoms with Gasteiger partial charge in [0.1, 0.15) is 12.6 Å². The molecule has 0 spiro atoms. The highest BCUT2D eigenvalue weighted by atomic mass is 16.5. The Labute approximate surface area is 144 Å². The van der Waals surface area contributed by atoms with Gasteiger partial charge in [0.2, 0.25) is 0 Å². The Bertz CT molecular complexity index is 654. The molecule has 0 bridgehead atoms. The molecule has 24 heavy (non-hydrogen) atoms. The Morgan fingerprint density at radius 3 is 2.42 bits per heavy atom. The van der Waals surface area contributed by atoms with E-state index < -0.39 is 0 Å². The molecular formula is C21H25NO2. The summed E-state index contributed by atoms with van der Waals surface area (Å²) in [7, 11) is 0. The minimum Gasteiger partial charge on any atom is -0.478 e. The maximum Gasteiger partial charge on any atom is 0.186 e. The van der Waals surface area contributed by atoms with Gasteiger partial charge in [-0.05, 0) is 18.1 Å². The van der Waals surface area contributed by atoms with Crippen molar-refractivity contribution in [1.82, 2.24) is 0 Å². The fourth-order valence-electron chi connectivity index (χ4n) is 2.87. The average molecular weight is 323 g/mol. The molecular weight excluding hydrogens is 298 g/mol. The molecule has 1 heterocycles. The molecule has 0 amide bonds. The molecule has 3 atom stereocenters. The maximum atomic E-state index is 6.00. The first-order valence-electron chi connectivity index (χ1n) is 8.63. The predicted octanol–water partition coefficient (Wildman–Crippen LogP) is 4.76. The molecule has 0 N–H and O–H groups in total. The van der Waals surface area contributed by atoms with Crippen molar-refractivity contribution in [3.8, 4) is 0 Å². The van der Waals surface area contributed by atoms with Gasteiger partial charge in [-0.3, -0.25) is 0 Å². The first kappa shape index (κ1) is 16.7. The Morgan fingerprint density at radius 1 is 1.04 bits per heavy atom. The summed E-state index contributed by atoms with van der Waals surface area (Å²) in [6.45, 7) is 5.61. The van der Waals surface area contributed by atoms with Crippen molar-refractivity contribution in [2.75, 3.05) is 13.2 Å². The van der Waals surface area contributed by atoms with Crippen LogP contribution >= 0.6 is 0 Å². The summed E-state index contributed by atoms with van der Waals surface area (Å²) in [5, 5.41) is 0. The fourth-order valence-corrected chi connectivity index (χ4v) is 2.87. The molecule has 1 aliphatic rings. The molecule has 0 fully saturated rings. The second-order valence-corrected chi connectivity index (χ2v) is 6.42. The largest absolute Gasteiger partial charge is 0.478 e. The fraction of sp³-hybridized carbons (Fsp3) is 0.381. The summed E-state index contributed by atoms with van der Waals surface area (Å²) in [6, 6.07) is 20.9. The van der Waals surface area contributed by atoms with Crippen LogP contribution in [0, 0.1) is 0 Å². The normalized spacial score (nSPS) is 19.4. The van der Waals surface area contributed by atoms with E-state index in [1.54, 1.807) is 0 Å². The first-order chi connectivity index (χ1) is 11.7. The molecule has 126 valence electrons. The Morgan fingerprint density at radius 2 is 1.71 bits per heavy atom. The van der Waals surface area contributed by atoms with Gasteiger partial charge in [-0.2, -0.15) is 0 Å². The van der Waals surface area contributed by atoms with Crippen molar-refractivity contribution >= 4 is 5.90 Å². The second kappa shape index (κ2) is 8.11. The molecule has 0 aromatic heterocycles. The second-order valence-electron chi connectivity index (χ2n) is 6.42. The zero-order valence-corrected chi connectivity index (χ0v) is 14.4. The SMILES string of the molecule is CC(CC1=N[C@H](c2ccccc2)CO1)OC[C@H](C)c1ccccc1. The lowest BCUT2D eigenvalue weighted by atomic mass is 10.0. The minimum atomic E-state index is 0.101. The van der Waals surface area contributed by atoms with Crippen molar-refractivity contribution in [2.24, 2.45) is 4.99 Å². The van der Waals surface area contributed by atoms with Crippen molar-refractivity contribution in [3.63, 3.8) is 0 Å². The highest BCUT2D eigenvalue weighted by molar-refractivity contribution is 5.78. The molecule has 3 rings (SSSR count). The molecule has 2 aromatic rings. The Hall–Kier alpha value is -2.13. The summed E-state index contributed by atoms with van der Waals surface area (Å²) in [4.78, 5) is 4.70. The van der Waals surface area contributed by atoms with E-state index >= 15 is 0 Å². The van der Waals surface area contributed by atoms with Gasteiger partial charge in [-0.25, -0.2) is 4.99 Å². The van der Waals surface area contributed by atoms with Crippen LogP contribution in [-0.2, 0) is 9.47 Å². The van der Waals surface area contributed by atoms with E-state index in [1.165, 1.54) is 11.1 Å². The number of rotatable bonds is 7. The van der Waals surface area contributed by atoms with Crippen LogP contribution in [0.3, 0.4) is 0 Å². The van der Waals surface area contributed by atoms with E-state index in [-0.39, 0.29) is 12.1 Å². The van der Waals surface area contributed by atoms with Gasteiger partial charge in [0.25, 0.3) is 0 Å². The summed E-state index contributed by atoms with van der Waals surface area (Å²) < 4.78 is 11.8. The van der Waals surface area contributed by atoms with Crippen LogP contribution in [-0.4, -0.2) is 25.2 Å². The van der Waals surface area contributed by atoms with E-state index in [0.29, 0.717) is 19.1 Å².